The van der Waals surface area contributed by atoms with Crippen LogP contribution in [0.4, 0.5) is 10.7 Å². The molecule has 0 bridgehead atoms. The number of rotatable bonds is 5. The number of aromatic nitrogens is 1. The van der Waals surface area contributed by atoms with Crippen molar-refractivity contribution in [2.75, 3.05) is 12.4 Å². The lowest BCUT2D eigenvalue weighted by molar-refractivity contribution is 0.204. The van der Waals surface area contributed by atoms with Gasteiger partial charge in [0.2, 0.25) is 5.88 Å². The lowest BCUT2D eigenvalue weighted by Crippen LogP contribution is -2.38. The van der Waals surface area contributed by atoms with Crippen LogP contribution >= 0.6 is 0 Å². The molecule has 3 rings (SSSR count). The number of ether oxygens (including phenoxy) is 1. The Bertz CT molecular complexity index is 636. The first-order valence-electron chi connectivity index (χ1n) is 7.89. The average Bonchev–Trinajstić information content (AvgIpc) is 3.25. The van der Waals surface area contributed by atoms with E-state index in [-0.39, 0.29) is 6.03 Å². The maximum atomic E-state index is 12.2. The Morgan fingerprint density at radius 2 is 2.09 bits per heavy atom. The Morgan fingerprint density at radius 1 is 1.35 bits per heavy atom. The van der Waals surface area contributed by atoms with Crippen LogP contribution in [0.2, 0.25) is 0 Å². The van der Waals surface area contributed by atoms with Gasteiger partial charge in [-0.1, -0.05) is 36.2 Å². The lowest BCUT2D eigenvalue weighted by Gasteiger charge is -2.23. The minimum absolute atomic E-state index is 0.163. The summed E-state index contributed by atoms with van der Waals surface area (Å²) in [7, 11) is 1.82. The normalized spacial score (nSPS) is 14.7. The third-order valence-electron chi connectivity index (χ3n) is 4.11. The van der Waals surface area contributed by atoms with Crippen molar-refractivity contribution < 1.29 is 14.1 Å². The van der Waals surface area contributed by atoms with Crippen LogP contribution in [-0.2, 0) is 6.61 Å². The van der Waals surface area contributed by atoms with E-state index in [4.69, 9.17) is 9.26 Å². The van der Waals surface area contributed by atoms with Crippen molar-refractivity contribution in [2.45, 2.75) is 38.3 Å². The van der Waals surface area contributed by atoms with Gasteiger partial charge in [0, 0.05) is 19.2 Å². The standard InChI is InChI=1S/C17H21N3O3/c1-20(14-7-5-6-8-14)17(21)18-16-11-13(19-23-16)12-22-15-9-3-2-4-10-15/h2-4,9-11,14H,5-8,12H2,1H3,(H,18,21). The zero-order valence-corrected chi connectivity index (χ0v) is 13.2. The van der Waals surface area contributed by atoms with E-state index in [2.05, 4.69) is 10.5 Å². The summed E-state index contributed by atoms with van der Waals surface area (Å²) in [5, 5.41) is 6.65. The second-order valence-electron chi connectivity index (χ2n) is 5.76. The average molecular weight is 315 g/mol. The molecule has 1 aliphatic carbocycles. The van der Waals surface area contributed by atoms with E-state index >= 15 is 0 Å². The first-order chi connectivity index (χ1) is 11.2. The van der Waals surface area contributed by atoms with E-state index in [1.165, 1.54) is 12.8 Å². The maximum Gasteiger partial charge on any atom is 0.324 e. The van der Waals surface area contributed by atoms with E-state index in [0.717, 1.165) is 18.6 Å². The van der Waals surface area contributed by atoms with Gasteiger partial charge >= 0.3 is 6.03 Å². The third-order valence-corrected chi connectivity index (χ3v) is 4.11. The number of benzene rings is 1. The monoisotopic (exact) mass is 315 g/mol. The summed E-state index contributed by atoms with van der Waals surface area (Å²) in [6.45, 7) is 0.294. The summed E-state index contributed by atoms with van der Waals surface area (Å²) in [5.41, 5.74) is 0.632. The summed E-state index contributed by atoms with van der Waals surface area (Å²) in [4.78, 5) is 13.9. The van der Waals surface area contributed by atoms with E-state index in [1.54, 1.807) is 11.0 Å². The highest BCUT2D eigenvalue weighted by atomic mass is 16.5. The molecule has 2 aromatic rings. The van der Waals surface area contributed by atoms with E-state index in [9.17, 15) is 4.79 Å². The summed E-state index contributed by atoms with van der Waals surface area (Å²) in [5.74, 6) is 1.11. The summed E-state index contributed by atoms with van der Waals surface area (Å²) < 4.78 is 10.7. The van der Waals surface area contributed by atoms with Gasteiger partial charge in [0.05, 0.1) is 0 Å². The minimum atomic E-state index is -0.163. The molecule has 23 heavy (non-hydrogen) atoms. The Balaban J connectivity index is 1.51. The third kappa shape index (κ3) is 4.03. The van der Waals surface area contributed by atoms with Crippen molar-refractivity contribution >= 4 is 11.9 Å². The molecular formula is C17H21N3O3. The molecule has 1 fully saturated rings. The zero-order chi connectivity index (χ0) is 16.1. The molecule has 1 aromatic heterocycles. The van der Waals surface area contributed by atoms with Crippen molar-refractivity contribution in [1.29, 1.82) is 0 Å². The molecule has 0 unspecified atom stereocenters. The highest BCUT2D eigenvalue weighted by molar-refractivity contribution is 5.87. The molecule has 6 heteroatoms. The number of carbonyl (C=O) groups excluding carboxylic acids is 1. The molecule has 6 nitrogen and oxygen atoms in total. The molecular weight excluding hydrogens is 294 g/mol. The zero-order valence-electron chi connectivity index (χ0n) is 13.2. The van der Waals surface area contributed by atoms with Gasteiger partial charge in [-0.25, -0.2) is 4.79 Å². The fraction of sp³-hybridized carbons (Fsp3) is 0.412. The summed E-state index contributed by atoms with van der Waals surface area (Å²) in [6, 6.07) is 11.3. The van der Waals surface area contributed by atoms with Crippen LogP contribution in [0.15, 0.2) is 40.9 Å². The van der Waals surface area contributed by atoms with Crippen LogP contribution in [0.3, 0.4) is 0 Å². The topological polar surface area (TPSA) is 67.6 Å². The van der Waals surface area contributed by atoms with Gasteiger partial charge in [0.15, 0.2) is 0 Å². The van der Waals surface area contributed by atoms with Crippen LogP contribution in [0.1, 0.15) is 31.4 Å². The fourth-order valence-corrected chi connectivity index (χ4v) is 2.76. The number of carbonyl (C=O) groups is 1. The molecule has 1 heterocycles. The molecule has 0 saturated heterocycles. The highest BCUT2D eigenvalue weighted by Crippen LogP contribution is 2.23. The van der Waals surface area contributed by atoms with Crippen LogP contribution < -0.4 is 10.1 Å². The first-order valence-corrected chi connectivity index (χ1v) is 7.89. The van der Waals surface area contributed by atoms with Gasteiger partial charge in [-0.05, 0) is 25.0 Å². The molecule has 1 saturated carbocycles. The summed E-state index contributed by atoms with van der Waals surface area (Å²) >= 11 is 0. The second kappa shape index (κ2) is 7.17. The van der Waals surface area contributed by atoms with Crippen LogP contribution in [0, 0.1) is 0 Å². The van der Waals surface area contributed by atoms with Gasteiger partial charge in [0.25, 0.3) is 0 Å². The Hall–Kier alpha value is -2.50. The number of hydrogen-bond acceptors (Lipinski definition) is 4. The van der Waals surface area contributed by atoms with Gasteiger partial charge in [-0.15, -0.1) is 0 Å². The Morgan fingerprint density at radius 3 is 2.83 bits per heavy atom. The predicted molar refractivity (Wildman–Crippen MR) is 86.3 cm³/mol. The van der Waals surface area contributed by atoms with E-state index in [0.29, 0.717) is 24.2 Å². The summed E-state index contributed by atoms with van der Waals surface area (Å²) in [6.07, 6.45) is 4.50. The lowest BCUT2D eigenvalue weighted by atomic mass is 10.2. The number of anilines is 1. The second-order valence-corrected chi connectivity index (χ2v) is 5.76. The van der Waals surface area contributed by atoms with Gasteiger partial charge in [-0.3, -0.25) is 5.32 Å². The fourth-order valence-electron chi connectivity index (χ4n) is 2.76. The van der Waals surface area contributed by atoms with Crippen LogP contribution in [-0.4, -0.2) is 29.2 Å². The van der Waals surface area contributed by atoms with Crippen molar-refractivity contribution in [2.24, 2.45) is 0 Å². The number of amides is 2. The largest absolute Gasteiger partial charge is 0.487 e. The minimum Gasteiger partial charge on any atom is -0.487 e. The van der Waals surface area contributed by atoms with Gasteiger partial charge in [0.1, 0.15) is 18.1 Å². The van der Waals surface area contributed by atoms with Gasteiger partial charge in [-0.2, -0.15) is 0 Å². The Labute approximate surface area is 135 Å². The molecule has 0 atom stereocenters. The molecule has 2 amide bonds. The predicted octanol–water partition coefficient (Wildman–Crippen LogP) is 3.66. The molecule has 1 aliphatic rings. The van der Waals surface area contributed by atoms with Crippen molar-refractivity contribution in [3.63, 3.8) is 0 Å². The Kier molecular flexibility index (Phi) is 4.80. The molecule has 1 N–H and O–H groups in total. The number of hydrogen-bond donors (Lipinski definition) is 1. The molecule has 0 spiro atoms. The maximum absolute atomic E-state index is 12.2. The smallest absolute Gasteiger partial charge is 0.324 e. The van der Waals surface area contributed by atoms with Crippen molar-refractivity contribution in [1.82, 2.24) is 10.1 Å². The number of para-hydroxylation sites is 1. The number of urea groups is 1. The quantitative estimate of drug-likeness (QED) is 0.914. The number of nitrogens with one attached hydrogen (secondary N) is 1. The molecule has 0 aliphatic heterocycles. The van der Waals surface area contributed by atoms with Gasteiger partial charge < -0.3 is 14.2 Å². The van der Waals surface area contributed by atoms with E-state index < -0.39 is 0 Å². The SMILES string of the molecule is CN(C(=O)Nc1cc(COc2ccccc2)no1)C1CCCC1. The van der Waals surface area contributed by atoms with Crippen LogP contribution in [0.25, 0.3) is 0 Å². The van der Waals surface area contributed by atoms with Crippen LogP contribution in [0.5, 0.6) is 5.75 Å². The van der Waals surface area contributed by atoms with Crippen molar-refractivity contribution in [3.05, 3.63) is 42.1 Å². The molecule has 1 aromatic carbocycles. The molecule has 122 valence electrons. The first kappa shape index (κ1) is 15.4. The highest BCUT2D eigenvalue weighted by Gasteiger charge is 2.24. The van der Waals surface area contributed by atoms with Crippen molar-refractivity contribution in [3.8, 4) is 5.75 Å². The van der Waals surface area contributed by atoms with E-state index in [1.807, 2.05) is 37.4 Å². The number of nitrogens with zero attached hydrogens (tertiary/aromatic N) is 2. The molecule has 0 radical (unpaired) electrons.